The van der Waals surface area contributed by atoms with E-state index < -0.39 is 24.5 Å². The number of carbonyl (C=O) groups is 3. The molecule has 0 aliphatic rings. The van der Waals surface area contributed by atoms with Gasteiger partial charge in [-0.05, 0) is 42.6 Å². The summed E-state index contributed by atoms with van der Waals surface area (Å²) in [6.45, 7) is 1.92. The largest absolute Gasteiger partial charge is 0.494 e. The minimum Gasteiger partial charge on any atom is -0.494 e. The summed E-state index contributed by atoms with van der Waals surface area (Å²) in [5, 5.41) is 4.16. The Balaban J connectivity index is 1.88. The van der Waals surface area contributed by atoms with Crippen LogP contribution < -0.4 is 10.1 Å². The van der Waals surface area contributed by atoms with E-state index in [2.05, 4.69) is 10.1 Å². The molecule has 0 aliphatic heterocycles. The van der Waals surface area contributed by atoms with Gasteiger partial charge in [0.25, 0.3) is 5.91 Å². The number of thiophene rings is 1. The summed E-state index contributed by atoms with van der Waals surface area (Å²) in [5.74, 6) is -1.08. The molecule has 0 aliphatic carbocycles. The highest BCUT2D eigenvalue weighted by molar-refractivity contribution is 7.12. The van der Waals surface area contributed by atoms with Crippen molar-refractivity contribution in [2.45, 2.75) is 6.92 Å². The first-order valence-corrected chi connectivity index (χ1v) is 8.28. The van der Waals surface area contributed by atoms with Gasteiger partial charge in [-0.2, -0.15) is 0 Å². The van der Waals surface area contributed by atoms with Gasteiger partial charge in [0.05, 0.1) is 25.0 Å². The van der Waals surface area contributed by atoms with Crippen molar-refractivity contribution in [2.24, 2.45) is 0 Å². The lowest BCUT2D eigenvalue weighted by molar-refractivity contribution is -0.119. The fourth-order valence-electron chi connectivity index (χ4n) is 1.91. The summed E-state index contributed by atoms with van der Waals surface area (Å²) >= 11 is 1.14. The number of esters is 2. The third-order valence-corrected chi connectivity index (χ3v) is 3.94. The van der Waals surface area contributed by atoms with Gasteiger partial charge in [-0.15, -0.1) is 11.3 Å². The van der Waals surface area contributed by atoms with Crippen molar-refractivity contribution in [3.05, 3.63) is 46.2 Å². The van der Waals surface area contributed by atoms with E-state index >= 15 is 0 Å². The molecule has 7 nitrogen and oxygen atoms in total. The van der Waals surface area contributed by atoms with Crippen LogP contribution in [0.2, 0.25) is 0 Å². The average molecular weight is 363 g/mol. The number of hydrogen-bond donors (Lipinski definition) is 1. The van der Waals surface area contributed by atoms with Crippen LogP contribution >= 0.6 is 11.3 Å². The molecule has 132 valence electrons. The molecule has 2 aromatic rings. The number of benzene rings is 1. The zero-order valence-electron chi connectivity index (χ0n) is 13.7. The van der Waals surface area contributed by atoms with Crippen molar-refractivity contribution in [1.29, 1.82) is 0 Å². The second-order valence-electron chi connectivity index (χ2n) is 4.74. The van der Waals surface area contributed by atoms with Crippen LogP contribution in [0.15, 0.2) is 35.7 Å². The lowest BCUT2D eigenvalue weighted by Crippen LogP contribution is -2.21. The highest BCUT2D eigenvalue weighted by atomic mass is 32.1. The lowest BCUT2D eigenvalue weighted by Gasteiger charge is -2.07. The summed E-state index contributed by atoms with van der Waals surface area (Å²) in [6, 6.07) is 7.98. The molecule has 0 spiro atoms. The van der Waals surface area contributed by atoms with E-state index in [0.717, 1.165) is 11.3 Å². The zero-order chi connectivity index (χ0) is 18.2. The van der Waals surface area contributed by atoms with E-state index in [0.29, 0.717) is 23.6 Å². The Morgan fingerprint density at radius 3 is 2.44 bits per heavy atom. The third-order valence-electron chi connectivity index (χ3n) is 3.05. The minimum atomic E-state index is -0.628. The van der Waals surface area contributed by atoms with Crippen LogP contribution in [0.4, 0.5) is 5.69 Å². The lowest BCUT2D eigenvalue weighted by atomic mass is 10.2. The Morgan fingerprint density at radius 2 is 1.80 bits per heavy atom. The van der Waals surface area contributed by atoms with Crippen molar-refractivity contribution in [2.75, 3.05) is 25.6 Å². The van der Waals surface area contributed by atoms with Gasteiger partial charge in [0.1, 0.15) is 10.6 Å². The molecule has 0 bridgehead atoms. The van der Waals surface area contributed by atoms with E-state index in [1.165, 1.54) is 7.11 Å². The number of methoxy groups -OCH3 is 1. The van der Waals surface area contributed by atoms with Crippen LogP contribution in [0.25, 0.3) is 0 Å². The molecule has 0 unspecified atom stereocenters. The first-order chi connectivity index (χ1) is 12.0. The minimum absolute atomic E-state index is 0.272. The Bertz CT molecular complexity index is 753. The normalized spacial score (nSPS) is 10.0. The summed E-state index contributed by atoms with van der Waals surface area (Å²) < 4.78 is 14.9. The Hall–Kier alpha value is -2.87. The maximum absolute atomic E-state index is 11.9. The van der Waals surface area contributed by atoms with E-state index in [1.807, 2.05) is 6.92 Å². The highest BCUT2D eigenvalue weighted by Gasteiger charge is 2.16. The van der Waals surface area contributed by atoms with E-state index in [4.69, 9.17) is 9.47 Å². The molecule has 8 heteroatoms. The highest BCUT2D eigenvalue weighted by Crippen LogP contribution is 2.23. The predicted octanol–water partition coefficient (Wildman–Crippen LogP) is 2.73. The zero-order valence-corrected chi connectivity index (χ0v) is 14.6. The Morgan fingerprint density at radius 1 is 1.08 bits per heavy atom. The number of hydrogen-bond acceptors (Lipinski definition) is 7. The fourth-order valence-corrected chi connectivity index (χ4v) is 2.68. The first-order valence-electron chi connectivity index (χ1n) is 7.40. The third kappa shape index (κ3) is 5.05. The molecule has 0 fully saturated rings. The summed E-state index contributed by atoms with van der Waals surface area (Å²) in [7, 11) is 1.26. The average Bonchev–Trinajstić information content (AvgIpc) is 3.08. The quantitative estimate of drug-likeness (QED) is 0.761. The second-order valence-corrected chi connectivity index (χ2v) is 5.65. The number of amides is 1. The SMILES string of the molecule is CCOc1ccc(C(=O)OCC(=O)Nc2ccsc2C(=O)OC)cc1. The predicted molar refractivity (Wildman–Crippen MR) is 92.2 cm³/mol. The van der Waals surface area contributed by atoms with Crippen molar-refractivity contribution < 1.29 is 28.6 Å². The van der Waals surface area contributed by atoms with Crippen LogP contribution in [0, 0.1) is 0 Å². The summed E-state index contributed by atoms with van der Waals surface area (Å²) in [4.78, 5) is 35.6. The van der Waals surface area contributed by atoms with E-state index in [-0.39, 0.29) is 4.88 Å². The van der Waals surface area contributed by atoms with Gasteiger partial charge in [0.15, 0.2) is 6.61 Å². The van der Waals surface area contributed by atoms with Gasteiger partial charge < -0.3 is 19.5 Å². The van der Waals surface area contributed by atoms with Crippen molar-refractivity contribution in [3.63, 3.8) is 0 Å². The fraction of sp³-hybridized carbons (Fsp3) is 0.235. The van der Waals surface area contributed by atoms with E-state index in [9.17, 15) is 14.4 Å². The molecule has 1 aromatic carbocycles. The molecule has 0 saturated carbocycles. The van der Waals surface area contributed by atoms with Crippen LogP contribution in [-0.4, -0.2) is 38.2 Å². The smallest absolute Gasteiger partial charge is 0.350 e. The monoisotopic (exact) mass is 363 g/mol. The molecule has 0 atom stereocenters. The van der Waals surface area contributed by atoms with Crippen LogP contribution in [0.5, 0.6) is 5.75 Å². The molecule has 0 radical (unpaired) electrons. The summed E-state index contributed by atoms with van der Waals surface area (Å²) in [6.07, 6.45) is 0. The van der Waals surface area contributed by atoms with E-state index in [1.54, 1.807) is 35.7 Å². The standard InChI is InChI=1S/C17H17NO6S/c1-3-23-12-6-4-11(5-7-12)16(20)24-10-14(19)18-13-8-9-25-15(13)17(21)22-2/h4-9H,3,10H2,1-2H3,(H,18,19). The van der Waals surface area contributed by atoms with Crippen molar-refractivity contribution in [3.8, 4) is 5.75 Å². The number of ether oxygens (including phenoxy) is 3. The van der Waals surface area contributed by atoms with Crippen LogP contribution in [0.1, 0.15) is 27.0 Å². The Labute approximate surface area is 148 Å². The molecule has 1 aromatic heterocycles. The number of nitrogens with one attached hydrogen (secondary N) is 1. The molecule has 2 rings (SSSR count). The molecule has 0 saturated heterocycles. The Kier molecular flexibility index (Phi) is 6.53. The second kappa shape index (κ2) is 8.84. The molecular weight excluding hydrogens is 346 g/mol. The topological polar surface area (TPSA) is 90.9 Å². The number of anilines is 1. The van der Waals surface area contributed by atoms with Gasteiger partial charge >= 0.3 is 11.9 Å². The van der Waals surface area contributed by atoms with Crippen molar-refractivity contribution >= 4 is 34.9 Å². The summed E-state index contributed by atoms with van der Waals surface area (Å²) in [5.41, 5.74) is 0.626. The molecule has 1 N–H and O–H groups in total. The maximum Gasteiger partial charge on any atom is 0.350 e. The number of rotatable bonds is 7. The van der Waals surface area contributed by atoms with Gasteiger partial charge in [0, 0.05) is 0 Å². The van der Waals surface area contributed by atoms with Gasteiger partial charge in [-0.25, -0.2) is 9.59 Å². The number of carbonyl (C=O) groups excluding carboxylic acids is 3. The molecule has 1 heterocycles. The van der Waals surface area contributed by atoms with Gasteiger partial charge in [-0.3, -0.25) is 4.79 Å². The molecule has 1 amide bonds. The van der Waals surface area contributed by atoms with Crippen LogP contribution in [0.3, 0.4) is 0 Å². The van der Waals surface area contributed by atoms with Crippen molar-refractivity contribution in [1.82, 2.24) is 0 Å². The van der Waals surface area contributed by atoms with Gasteiger partial charge in [-0.1, -0.05) is 0 Å². The van der Waals surface area contributed by atoms with Gasteiger partial charge in [0.2, 0.25) is 0 Å². The molecule has 25 heavy (non-hydrogen) atoms. The molecular formula is C17H17NO6S. The maximum atomic E-state index is 11.9. The first kappa shape index (κ1) is 18.5. The van der Waals surface area contributed by atoms with Crippen LogP contribution in [-0.2, 0) is 14.3 Å².